The predicted molar refractivity (Wildman–Crippen MR) is 168 cm³/mol. The average Bonchev–Trinajstić information content (AvgIpc) is 3.60. The van der Waals surface area contributed by atoms with Gasteiger partial charge in [-0.05, 0) is 48.4 Å². The molecular formula is C35H39N5O4. The number of imidazole rings is 1. The number of nitrogens with zero attached hydrogens (tertiary/aromatic N) is 2. The van der Waals surface area contributed by atoms with E-state index in [2.05, 4.69) is 76.1 Å². The van der Waals surface area contributed by atoms with Gasteiger partial charge in [-0.25, -0.2) is 9.78 Å². The molecule has 1 fully saturated rings. The Labute approximate surface area is 257 Å². The molecule has 0 saturated carbocycles. The Morgan fingerprint density at radius 1 is 1.02 bits per heavy atom. The van der Waals surface area contributed by atoms with Gasteiger partial charge in [0, 0.05) is 49.8 Å². The average molecular weight is 594 g/mol. The number of fused-ring (bicyclic) bond motifs is 1. The van der Waals surface area contributed by atoms with Crippen molar-refractivity contribution in [3.05, 3.63) is 119 Å². The van der Waals surface area contributed by atoms with E-state index in [1.165, 1.54) is 21.6 Å². The number of carboxylic acid groups (broad SMARTS) is 1. The number of nitrogens with one attached hydrogen (secondary N) is 3. The third-order valence-corrected chi connectivity index (χ3v) is 9.01. The predicted octanol–water partition coefficient (Wildman–Crippen LogP) is 5.82. The maximum absolute atomic E-state index is 13.4. The first kappa shape index (κ1) is 29.4. The Balaban J connectivity index is 1.26. The number of H-pyrrole nitrogens is 1. The number of hydrogen-bond donors (Lipinski definition) is 4. The van der Waals surface area contributed by atoms with Gasteiger partial charge in [-0.1, -0.05) is 66.7 Å². The van der Waals surface area contributed by atoms with Gasteiger partial charge >= 0.3 is 6.09 Å². The van der Waals surface area contributed by atoms with Gasteiger partial charge in [0.1, 0.15) is 5.75 Å². The molecule has 3 aromatic carbocycles. The number of carbonyl (C=O) groups is 2. The summed E-state index contributed by atoms with van der Waals surface area (Å²) >= 11 is 0. The number of para-hydroxylation sites is 1. The van der Waals surface area contributed by atoms with Crippen molar-refractivity contribution in [2.45, 2.75) is 44.2 Å². The van der Waals surface area contributed by atoms with E-state index in [1.807, 2.05) is 30.5 Å². The maximum atomic E-state index is 13.4. The summed E-state index contributed by atoms with van der Waals surface area (Å²) in [5.74, 6) is 0.694. The SMILES string of the molecule is Cc1ccccc1C(c1ccccc1)C(NC1CCOc2c(C(=O)NCC3CCN(C(=O)O)CC3)cccc21)c1cnc[nH]1. The minimum absolute atomic E-state index is 0.00294. The number of rotatable bonds is 9. The first-order valence-corrected chi connectivity index (χ1v) is 15.4. The van der Waals surface area contributed by atoms with E-state index in [1.54, 1.807) is 6.33 Å². The minimum atomic E-state index is -0.882. The van der Waals surface area contributed by atoms with E-state index in [-0.39, 0.29) is 29.8 Å². The van der Waals surface area contributed by atoms with Crippen LogP contribution in [0, 0.1) is 12.8 Å². The molecule has 4 aromatic rings. The largest absolute Gasteiger partial charge is 0.492 e. The minimum Gasteiger partial charge on any atom is -0.492 e. The zero-order chi connectivity index (χ0) is 30.5. The van der Waals surface area contributed by atoms with Crippen LogP contribution in [0.3, 0.4) is 0 Å². The van der Waals surface area contributed by atoms with Crippen molar-refractivity contribution in [2.24, 2.45) is 5.92 Å². The number of carbonyl (C=O) groups excluding carboxylic acids is 1. The van der Waals surface area contributed by atoms with Crippen LogP contribution in [-0.2, 0) is 0 Å². The molecule has 0 spiro atoms. The van der Waals surface area contributed by atoms with Crippen molar-refractivity contribution >= 4 is 12.0 Å². The van der Waals surface area contributed by atoms with Crippen molar-refractivity contribution < 1.29 is 19.4 Å². The molecule has 4 N–H and O–H groups in total. The number of aromatic amines is 1. The fourth-order valence-corrected chi connectivity index (χ4v) is 6.60. The zero-order valence-electron chi connectivity index (χ0n) is 24.9. The highest BCUT2D eigenvalue weighted by Crippen LogP contribution is 2.42. The number of ether oxygens (including phenoxy) is 1. The fraction of sp³-hybridized carbons (Fsp3) is 0.343. The van der Waals surface area contributed by atoms with Gasteiger partial charge in [0.05, 0.1) is 30.2 Å². The quantitative estimate of drug-likeness (QED) is 0.194. The van der Waals surface area contributed by atoms with Crippen molar-refractivity contribution in [1.82, 2.24) is 25.5 Å². The summed E-state index contributed by atoms with van der Waals surface area (Å²) in [5, 5.41) is 16.3. The molecule has 6 rings (SSSR count). The van der Waals surface area contributed by atoms with E-state index in [9.17, 15) is 14.7 Å². The number of aromatic nitrogens is 2. The number of benzene rings is 3. The van der Waals surface area contributed by atoms with Crippen molar-refractivity contribution in [3.63, 3.8) is 0 Å². The number of piperidine rings is 1. The van der Waals surface area contributed by atoms with Gasteiger partial charge in [0.2, 0.25) is 0 Å². The lowest BCUT2D eigenvalue weighted by molar-refractivity contribution is 0.0923. The summed E-state index contributed by atoms with van der Waals surface area (Å²) in [6.45, 7) is 4.14. The van der Waals surface area contributed by atoms with Gasteiger partial charge in [-0.3, -0.25) is 4.79 Å². The Bertz CT molecular complexity index is 1570. The third kappa shape index (κ3) is 6.33. The van der Waals surface area contributed by atoms with E-state index in [0.717, 1.165) is 30.5 Å². The summed E-state index contributed by atoms with van der Waals surface area (Å²) in [5.41, 5.74) is 6.11. The van der Waals surface area contributed by atoms with Gasteiger partial charge in [0.25, 0.3) is 5.91 Å². The molecule has 0 bridgehead atoms. The molecule has 3 unspecified atom stereocenters. The van der Waals surface area contributed by atoms with Crippen LogP contribution >= 0.6 is 0 Å². The second kappa shape index (κ2) is 13.3. The highest BCUT2D eigenvalue weighted by atomic mass is 16.5. The molecule has 2 amide bonds. The van der Waals surface area contributed by atoms with Crippen LogP contribution in [0.2, 0.25) is 0 Å². The number of likely N-dealkylation sites (tertiary alicyclic amines) is 1. The Hall–Kier alpha value is -4.63. The number of hydrogen-bond acceptors (Lipinski definition) is 5. The molecule has 2 aliphatic rings. The van der Waals surface area contributed by atoms with Crippen LogP contribution in [0.15, 0.2) is 85.3 Å². The van der Waals surface area contributed by atoms with Crippen LogP contribution in [0.25, 0.3) is 0 Å². The van der Waals surface area contributed by atoms with Crippen molar-refractivity contribution in [3.8, 4) is 5.75 Å². The van der Waals surface area contributed by atoms with E-state index >= 15 is 0 Å². The van der Waals surface area contributed by atoms with Gasteiger partial charge in [-0.15, -0.1) is 0 Å². The first-order valence-electron chi connectivity index (χ1n) is 15.4. The van der Waals surface area contributed by atoms with E-state index < -0.39 is 6.09 Å². The molecule has 1 aromatic heterocycles. The molecule has 1 saturated heterocycles. The second-order valence-corrected chi connectivity index (χ2v) is 11.7. The standard InChI is InChI=1S/C35H39N5O4/c1-23-8-5-6-11-26(23)31(25-9-3-2-4-10-25)32(30-21-36-22-38-30)39-29-16-19-44-33-27(29)12-7-13-28(33)34(41)37-20-24-14-17-40(18-15-24)35(42)43/h2-13,21-22,24,29,31-32,39H,14-20H2,1H3,(H,36,38)(H,37,41)(H,42,43). The lowest BCUT2D eigenvalue weighted by atomic mass is 9.81. The van der Waals surface area contributed by atoms with Crippen molar-refractivity contribution in [2.75, 3.05) is 26.2 Å². The third-order valence-electron chi connectivity index (χ3n) is 9.01. The number of aryl methyl sites for hydroxylation is 1. The lowest BCUT2D eigenvalue weighted by Gasteiger charge is -2.35. The molecule has 2 aliphatic heterocycles. The van der Waals surface area contributed by atoms with Crippen LogP contribution < -0.4 is 15.4 Å². The van der Waals surface area contributed by atoms with Gasteiger partial charge in [-0.2, -0.15) is 0 Å². The Morgan fingerprint density at radius 3 is 2.52 bits per heavy atom. The smallest absolute Gasteiger partial charge is 0.407 e. The first-order chi connectivity index (χ1) is 21.5. The lowest BCUT2D eigenvalue weighted by Crippen LogP contribution is -2.41. The Morgan fingerprint density at radius 2 is 1.80 bits per heavy atom. The summed E-state index contributed by atoms with van der Waals surface area (Å²) in [7, 11) is 0. The molecule has 228 valence electrons. The molecule has 9 heteroatoms. The molecule has 0 aliphatic carbocycles. The molecule has 3 atom stereocenters. The summed E-state index contributed by atoms with van der Waals surface area (Å²) < 4.78 is 6.17. The second-order valence-electron chi connectivity index (χ2n) is 11.7. The summed E-state index contributed by atoms with van der Waals surface area (Å²) in [6, 6.07) is 24.6. The Kier molecular flexibility index (Phi) is 8.93. The molecule has 44 heavy (non-hydrogen) atoms. The topological polar surface area (TPSA) is 120 Å². The van der Waals surface area contributed by atoms with Crippen LogP contribution in [0.4, 0.5) is 4.79 Å². The number of amides is 2. The highest BCUT2D eigenvalue weighted by molar-refractivity contribution is 5.97. The fourth-order valence-electron chi connectivity index (χ4n) is 6.60. The van der Waals surface area contributed by atoms with Crippen LogP contribution in [0.1, 0.15) is 75.6 Å². The van der Waals surface area contributed by atoms with E-state index in [4.69, 9.17) is 4.74 Å². The monoisotopic (exact) mass is 593 g/mol. The highest BCUT2D eigenvalue weighted by Gasteiger charge is 2.34. The normalized spacial score (nSPS) is 18.1. The maximum Gasteiger partial charge on any atom is 0.407 e. The molecular weight excluding hydrogens is 554 g/mol. The van der Waals surface area contributed by atoms with Crippen molar-refractivity contribution in [1.29, 1.82) is 0 Å². The molecule has 0 radical (unpaired) electrons. The van der Waals surface area contributed by atoms with Crippen LogP contribution in [-0.4, -0.2) is 58.2 Å². The van der Waals surface area contributed by atoms with Gasteiger partial charge in [0.15, 0.2) is 0 Å². The molecule has 9 nitrogen and oxygen atoms in total. The molecule has 3 heterocycles. The van der Waals surface area contributed by atoms with Gasteiger partial charge < -0.3 is 30.4 Å². The summed E-state index contributed by atoms with van der Waals surface area (Å²) in [4.78, 5) is 33.9. The van der Waals surface area contributed by atoms with E-state index in [0.29, 0.717) is 37.6 Å². The zero-order valence-corrected chi connectivity index (χ0v) is 24.9. The summed E-state index contributed by atoms with van der Waals surface area (Å²) in [6.07, 6.45) is 4.95. The van der Waals surface area contributed by atoms with Crippen LogP contribution in [0.5, 0.6) is 5.75 Å².